The molecule has 9 heteroatoms. The summed E-state index contributed by atoms with van der Waals surface area (Å²) in [6, 6.07) is 8.29. The Labute approximate surface area is 210 Å². The molecule has 2 aromatic heterocycles. The molecule has 0 radical (unpaired) electrons. The Morgan fingerprint density at radius 3 is 2.44 bits per heavy atom. The summed E-state index contributed by atoms with van der Waals surface area (Å²) in [7, 11) is 0. The second-order valence-corrected chi connectivity index (χ2v) is 10.8. The highest BCUT2D eigenvalue weighted by molar-refractivity contribution is 5.81. The molecule has 1 amide bonds. The van der Waals surface area contributed by atoms with E-state index in [2.05, 4.69) is 27.1 Å². The van der Waals surface area contributed by atoms with Crippen molar-refractivity contribution in [1.82, 2.24) is 29.1 Å². The van der Waals surface area contributed by atoms with E-state index < -0.39 is 5.60 Å². The van der Waals surface area contributed by atoms with Gasteiger partial charge in [0.05, 0.1) is 24.0 Å². The number of hydrogen-bond donors (Lipinski definition) is 1. The SMILES string of the molecule is O=C(C1CC1)N1CCC(O)(Cn2cnc3c(cnn3-c3ccc(CN4CCCCC4)cc3)c2=O)CC1. The first-order valence-corrected chi connectivity index (χ1v) is 13.3. The van der Waals surface area contributed by atoms with Crippen molar-refractivity contribution >= 4 is 16.9 Å². The molecule has 1 N–H and O–H groups in total. The molecule has 0 bridgehead atoms. The fourth-order valence-electron chi connectivity index (χ4n) is 5.58. The molecule has 0 atom stereocenters. The zero-order valence-electron chi connectivity index (χ0n) is 20.7. The van der Waals surface area contributed by atoms with Gasteiger partial charge in [0, 0.05) is 25.6 Å². The third-order valence-corrected chi connectivity index (χ3v) is 7.99. The summed E-state index contributed by atoms with van der Waals surface area (Å²) in [5.74, 6) is 0.400. The zero-order valence-corrected chi connectivity index (χ0v) is 20.7. The second-order valence-electron chi connectivity index (χ2n) is 10.8. The van der Waals surface area contributed by atoms with Crippen LogP contribution in [0.25, 0.3) is 16.7 Å². The number of amides is 1. The summed E-state index contributed by atoms with van der Waals surface area (Å²) in [5.41, 5.74) is 1.41. The highest BCUT2D eigenvalue weighted by atomic mass is 16.3. The quantitative estimate of drug-likeness (QED) is 0.570. The normalized spacial score (nSPS) is 20.6. The monoisotopic (exact) mass is 490 g/mol. The standard InChI is InChI=1S/C27H34N6O3/c34-25(21-6-7-21)31-14-10-27(36,11-15-31)18-32-19-28-24-23(26(32)35)16-29-33(24)22-8-4-20(5-9-22)17-30-12-2-1-3-13-30/h4-5,8-9,16,19,21,36H,1-3,6-7,10-15,17-18H2. The Hall–Kier alpha value is -3.04. The van der Waals surface area contributed by atoms with E-state index in [1.54, 1.807) is 10.9 Å². The smallest absolute Gasteiger partial charge is 0.264 e. The minimum Gasteiger partial charge on any atom is -0.388 e. The molecule has 1 aliphatic carbocycles. The van der Waals surface area contributed by atoms with Crippen molar-refractivity contribution in [2.45, 2.75) is 63.6 Å². The van der Waals surface area contributed by atoms with Gasteiger partial charge in [0.25, 0.3) is 5.56 Å². The first kappa shape index (κ1) is 23.4. The lowest BCUT2D eigenvalue weighted by Crippen LogP contribution is -2.50. The molecule has 3 fully saturated rings. The Balaban J connectivity index is 1.16. The van der Waals surface area contributed by atoms with Gasteiger partial charge in [-0.2, -0.15) is 5.10 Å². The number of aromatic nitrogens is 4. The molecule has 9 nitrogen and oxygen atoms in total. The topological polar surface area (TPSA) is 96.5 Å². The van der Waals surface area contributed by atoms with Crippen molar-refractivity contribution in [3.8, 4) is 5.69 Å². The molecule has 2 saturated heterocycles. The van der Waals surface area contributed by atoms with Crippen LogP contribution in [0.5, 0.6) is 0 Å². The van der Waals surface area contributed by atoms with Crippen LogP contribution < -0.4 is 5.56 Å². The van der Waals surface area contributed by atoms with E-state index in [4.69, 9.17) is 0 Å². The van der Waals surface area contributed by atoms with Crippen LogP contribution in [0.3, 0.4) is 0 Å². The highest BCUT2D eigenvalue weighted by Crippen LogP contribution is 2.33. The number of piperidine rings is 2. The molecule has 1 aromatic carbocycles. The van der Waals surface area contributed by atoms with Crippen molar-refractivity contribution in [1.29, 1.82) is 0 Å². The van der Waals surface area contributed by atoms with Crippen molar-refractivity contribution in [3.05, 3.63) is 52.7 Å². The number of carbonyl (C=O) groups excluding carboxylic acids is 1. The van der Waals surface area contributed by atoms with E-state index in [-0.39, 0.29) is 23.9 Å². The summed E-state index contributed by atoms with van der Waals surface area (Å²) in [6.07, 6.45) is 9.83. The summed E-state index contributed by atoms with van der Waals surface area (Å²) < 4.78 is 3.18. The van der Waals surface area contributed by atoms with E-state index in [1.807, 2.05) is 17.0 Å². The van der Waals surface area contributed by atoms with E-state index in [0.717, 1.165) is 38.2 Å². The molecule has 4 heterocycles. The third-order valence-electron chi connectivity index (χ3n) is 7.99. The van der Waals surface area contributed by atoms with Gasteiger partial charge in [0.2, 0.25) is 5.91 Å². The molecule has 2 aliphatic heterocycles. The van der Waals surface area contributed by atoms with Gasteiger partial charge in [-0.25, -0.2) is 9.67 Å². The average Bonchev–Trinajstić information content (AvgIpc) is 3.66. The third kappa shape index (κ3) is 4.69. The molecular formula is C27H34N6O3. The Morgan fingerprint density at radius 1 is 1.03 bits per heavy atom. The van der Waals surface area contributed by atoms with Gasteiger partial charge in [0.1, 0.15) is 11.7 Å². The maximum Gasteiger partial charge on any atom is 0.264 e. The number of hydrogen-bond acceptors (Lipinski definition) is 6. The number of likely N-dealkylation sites (tertiary alicyclic amines) is 2. The van der Waals surface area contributed by atoms with Crippen LogP contribution in [0.1, 0.15) is 50.5 Å². The predicted octanol–water partition coefficient (Wildman–Crippen LogP) is 2.33. The summed E-state index contributed by atoms with van der Waals surface area (Å²) >= 11 is 0. The molecule has 6 rings (SSSR count). The van der Waals surface area contributed by atoms with Crippen molar-refractivity contribution in [3.63, 3.8) is 0 Å². The van der Waals surface area contributed by atoms with Crippen LogP contribution in [0.2, 0.25) is 0 Å². The Morgan fingerprint density at radius 2 is 1.75 bits per heavy atom. The van der Waals surface area contributed by atoms with Crippen molar-refractivity contribution in [2.75, 3.05) is 26.2 Å². The minimum absolute atomic E-state index is 0.163. The molecule has 3 aliphatic rings. The van der Waals surface area contributed by atoms with E-state index >= 15 is 0 Å². The van der Waals surface area contributed by atoms with Crippen LogP contribution in [-0.4, -0.2) is 71.9 Å². The summed E-state index contributed by atoms with van der Waals surface area (Å²) in [4.78, 5) is 34.4. The van der Waals surface area contributed by atoms with Crippen LogP contribution in [0, 0.1) is 5.92 Å². The van der Waals surface area contributed by atoms with Gasteiger partial charge >= 0.3 is 0 Å². The first-order valence-electron chi connectivity index (χ1n) is 13.3. The lowest BCUT2D eigenvalue weighted by molar-refractivity contribution is -0.137. The van der Waals surface area contributed by atoms with Crippen LogP contribution >= 0.6 is 0 Å². The number of aliphatic hydroxyl groups is 1. The van der Waals surface area contributed by atoms with Gasteiger partial charge in [-0.05, 0) is 69.3 Å². The van der Waals surface area contributed by atoms with Crippen molar-refractivity contribution < 1.29 is 9.90 Å². The van der Waals surface area contributed by atoms with Crippen LogP contribution in [0.4, 0.5) is 0 Å². The molecule has 3 aromatic rings. The number of carbonyl (C=O) groups is 1. The van der Waals surface area contributed by atoms with Gasteiger partial charge in [-0.15, -0.1) is 0 Å². The number of rotatable bonds is 6. The molecule has 0 unspecified atom stereocenters. The van der Waals surface area contributed by atoms with Crippen molar-refractivity contribution in [2.24, 2.45) is 5.92 Å². The van der Waals surface area contributed by atoms with Gasteiger partial charge in [0.15, 0.2) is 5.65 Å². The fourth-order valence-corrected chi connectivity index (χ4v) is 5.58. The molecule has 190 valence electrons. The fraction of sp³-hybridized carbons (Fsp3) is 0.556. The van der Waals surface area contributed by atoms with Crippen LogP contribution in [-0.2, 0) is 17.9 Å². The molecule has 1 saturated carbocycles. The molecule has 36 heavy (non-hydrogen) atoms. The van der Waals surface area contributed by atoms with E-state index in [9.17, 15) is 14.7 Å². The molecular weight excluding hydrogens is 456 g/mol. The van der Waals surface area contributed by atoms with Gasteiger partial charge in [-0.1, -0.05) is 18.6 Å². The second kappa shape index (κ2) is 9.44. The predicted molar refractivity (Wildman–Crippen MR) is 136 cm³/mol. The first-order chi connectivity index (χ1) is 17.5. The lowest BCUT2D eigenvalue weighted by atomic mass is 9.91. The number of nitrogens with zero attached hydrogens (tertiary/aromatic N) is 6. The minimum atomic E-state index is -1.03. The maximum absolute atomic E-state index is 13.2. The Bertz CT molecular complexity index is 1300. The van der Waals surface area contributed by atoms with E-state index in [1.165, 1.54) is 35.7 Å². The van der Waals surface area contributed by atoms with Gasteiger partial charge < -0.3 is 10.0 Å². The summed E-state index contributed by atoms with van der Waals surface area (Å²) in [6.45, 7) is 4.50. The largest absolute Gasteiger partial charge is 0.388 e. The Kier molecular flexibility index (Phi) is 6.13. The zero-order chi connectivity index (χ0) is 24.7. The highest BCUT2D eigenvalue weighted by Gasteiger charge is 2.39. The van der Waals surface area contributed by atoms with Crippen LogP contribution in [0.15, 0.2) is 41.6 Å². The average molecular weight is 491 g/mol. The maximum atomic E-state index is 13.2. The summed E-state index contributed by atoms with van der Waals surface area (Å²) in [5, 5.41) is 16.0. The van der Waals surface area contributed by atoms with Gasteiger partial charge in [-0.3, -0.25) is 19.1 Å². The molecule has 0 spiro atoms. The lowest BCUT2D eigenvalue weighted by Gasteiger charge is -2.38. The number of benzene rings is 1. The van der Waals surface area contributed by atoms with E-state index in [0.29, 0.717) is 37.0 Å². The number of fused-ring (bicyclic) bond motifs is 1.